The molecule has 2 N–H and O–H groups in total. The van der Waals surface area contributed by atoms with Gasteiger partial charge in [0.2, 0.25) is 8.32 Å². The van der Waals surface area contributed by atoms with Crippen molar-refractivity contribution < 1.29 is 43.3 Å². The maximum Gasteiger partial charge on any atom is 0.337 e. The molecule has 0 bridgehead atoms. The van der Waals surface area contributed by atoms with E-state index < -0.39 is 74.9 Å². The molecule has 0 saturated heterocycles. The summed E-state index contributed by atoms with van der Waals surface area (Å²) in [5.74, 6) is -5.63. The van der Waals surface area contributed by atoms with Crippen LogP contribution in [0.25, 0.3) is 0 Å². The van der Waals surface area contributed by atoms with Gasteiger partial charge in [-0.25, -0.2) is 4.79 Å². The van der Waals surface area contributed by atoms with Crippen LogP contribution in [0, 0.1) is 35.5 Å². The number of carbonyl (C=O) groups excluding carboxylic acids is 4. The topological polar surface area (TPSA) is 136 Å². The Balaban J connectivity index is 3.81. The number of rotatable bonds is 10. The third-order valence-electron chi connectivity index (χ3n) is 11.1. The quantitative estimate of drug-likeness (QED) is 0.132. The molecule has 0 aromatic carbocycles. The zero-order valence-electron chi connectivity index (χ0n) is 34.2. The Hall–Kier alpha value is -2.24. The van der Waals surface area contributed by atoms with Crippen molar-refractivity contribution in [3.05, 3.63) is 35.5 Å². The van der Waals surface area contributed by atoms with Crippen molar-refractivity contribution in [3.8, 4) is 0 Å². The minimum absolute atomic E-state index is 0.00913. The average Bonchev–Trinajstić information content (AvgIpc) is 3.05. The number of aliphatic hydroxyl groups is 2. The molecule has 0 radical (unpaired) electrons. The summed E-state index contributed by atoms with van der Waals surface area (Å²) in [6.45, 7) is 26.9. The molecule has 0 saturated carbocycles. The largest absolute Gasteiger partial charge is 0.463 e. The highest BCUT2D eigenvalue weighted by Gasteiger charge is 2.49. The Bertz CT molecular complexity index is 1240. The zero-order chi connectivity index (χ0) is 39.5. The smallest absolute Gasteiger partial charge is 0.337 e. The maximum atomic E-state index is 14.3. The van der Waals surface area contributed by atoms with Gasteiger partial charge in [0.1, 0.15) is 30.1 Å². The average molecular weight is 735 g/mol. The molecule has 0 aromatic heterocycles. The molecular formula is C41H70O9Si. The lowest BCUT2D eigenvalue weighted by Crippen LogP contribution is -2.53. The number of hydrogen-bond donors (Lipinski definition) is 2. The predicted molar refractivity (Wildman–Crippen MR) is 206 cm³/mol. The highest BCUT2D eigenvalue weighted by Crippen LogP contribution is 2.45. The second-order valence-corrected chi connectivity index (χ2v) is 21.4. The number of hydrogen-bond acceptors (Lipinski definition) is 9. The first-order chi connectivity index (χ1) is 23.6. The third kappa shape index (κ3) is 11.9. The predicted octanol–water partition coefficient (Wildman–Crippen LogP) is 7.59. The van der Waals surface area contributed by atoms with E-state index in [0.717, 1.165) is 5.57 Å². The van der Waals surface area contributed by atoms with E-state index in [1.54, 1.807) is 27.7 Å². The number of ether oxygens (including phenoxy) is 2. The van der Waals surface area contributed by atoms with Crippen LogP contribution in [-0.4, -0.2) is 80.0 Å². The SMILES string of the molecule is C/C=C\[C@H](C)/C=C(\C)[C@@H](O)[C@H]1COC(=O)[C@H](O)[C@@H](OC)[C@H](C)C(=O)[C@H](C)[C@@H](O[Si](C(C)C)(C(C)C)C(C)C)/C(C)=C/[C@H](C)C(=O)CC[C@@H](C)C1=O. The molecule has 51 heavy (non-hydrogen) atoms. The van der Waals surface area contributed by atoms with Gasteiger partial charge in [0.25, 0.3) is 0 Å². The monoisotopic (exact) mass is 734 g/mol. The van der Waals surface area contributed by atoms with Crippen LogP contribution in [0.4, 0.5) is 0 Å². The highest BCUT2D eigenvalue weighted by atomic mass is 28.4. The summed E-state index contributed by atoms with van der Waals surface area (Å²) >= 11 is 0. The minimum Gasteiger partial charge on any atom is -0.463 e. The van der Waals surface area contributed by atoms with E-state index in [-0.39, 0.29) is 52.7 Å². The zero-order valence-corrected chi connectivity index (χ0v) is 35.2. The van der Waals surface area contributed by atoms with Crippen LogP contribution in [0.5, 0.6) is 0 Å². The van der Waals surface area contributed by atoms with Crippen LogP contribution in [0.15, 0.2) is 35.5 Å². The molecule has 9 nitrogen and oxygen atoms in total. The third-order valence-corrected chi connectivity index (χ3v) is 17.2. The van der Waals surface area contributed by atoms with Gasteiger partial charge in [-0.05, 0) is 60.9 Å². The molecule has 1 heterocycles. The molecule has 10 atom stereocenters. The molecule has 1 rings (SSSR count). The van der Waals surface area contributed by atoms with Gasteiger partial charge >= 0.3 is 5.97 Å². The number of Topliss-reactive ketones (excluding diaryl/α,β-unsaturated/α-hetero) is 3. The van der Waals surface area contributed by atoms with Crippen molar-refractivity contribution in [2.24, 2.45) is 35.5 Å². The van der Waals surface area contributed by atoms with Crippen molar-refractivity contribution >= 4 is 31.6 Å². The number of esters is 1. The molecule has 1 aliphatic rings. The second-order valence-electron chi connectivity index (χ2n) is 16.0. The van der Waals surface area contributed by atoms with Crippen LogP contribution < -0.4 is 0 Å². The summed E-state index contributed by atoms with van der Waals surface area (Å²) in [6, 6.07) is 0. The lowest BCUT2D eigenvalue weighted by atomic mass is 9.82. The fourth-order valence-corrected chi connectivity index (χ4v) is 13.8. The van der Waals surface area contributed by atoms with Gasteiger partial charge in [0.05, 0.1) is 18.1 Å². The fourth-order valence-electron chi connectivity index (χ4n) is 8.14. The normalized spacial score (nSPS) is 31.5. The van der Waals surface area contributed by atoms with Crippen molar-refractivity contribution in [2.45, 2.75) is 151 Å². The molecule has 292 valence electrons. The lowest BCUT2D eigenvalue weighted by Gasteiger charge is -2.46. The van der Waals surface area contributed by atoms with E-state index in [4.69, 9.17) is 13.9 Å². The number of cyclic esters (lactones) is 1. The highest BCUT2D eigenvalue weighted by molar-refractivity contribution is 6.77. The van der Waals surface area contributed by atoms with Crippen LogP contribution >= 0.6 is 0 Å². The molecule has 10 heteroatoms. The molecule has 0 amide bonds. The maximum absolute atomic E-state index is 14.3. The lowest BCUT2D eigenvalue weighted by molar-refractivity contribution is -0.168. The van der Waals surface area contributed by atoms with Crippen LogP contribution in [0.3, 0.4) is 0 Å². The fraction of sp³-hybridized carbons (Fsp3) is 0.756. The summed E-state index contributed by atoms with van der Waals surface area (Å²) in [5, 5.41) is 22.6. The van der Waals surface area contributed by atoms with E-state index in [1.165, 1.54) is 7.11 Å². The molecule has 0 unspecified atom stereocenters. The van der Waals surface area contributed by atoms with Crippen LogP contribution in [0.1, 0.15) is 110 Å². The van der Waals surface area contributed by atoms with Gasteiger partial charge in [-0.15, -0.1) is 0 Å². The number of carbonyl (C=O) groups is 4. The van der Waals surface area contributed by atoms with Crippen molar-refractivity contribution in [3.63, 3.8) is 0 Å². The van der Waals surface area contributed by atoms with Gasteiger partial charge < -0.3 is 24.1 Å². The Morgan fingerprint density at radius 1 is 0.941 bits per heavy atom. The minimum atomic E-state index is -2.53. The van der Waals surface area contributed by atoms with E-state index in [1.807, 2.05) is 52.0 Å². The van der Waals surface area contributed by atoms with E-state index >= 15 is 0 Å². The summed E-state index contributed by atoms with van der Waals surface area (Å²) < 4.78 is 18.3. The van der Waals surface area contributed by atoms with Gasteiger partial charge in [0, 0.05) is 37.2 Å². The first kappa shape index (κ1) is 46.8. The molecule has 1 aliphatic heterocycles. The Morgan fingerprint density at radius 3 is 1.98 bits per heavy atom. The second kappa shape index (κ2) is 20.9. The van der Waals surface area contributed by atoms with Gasteiger partial charge in [-0.3, -0.25) is 14.4 Å². The van der Waals surface area contributed by atoms with Gasteiger partial charge in [0.15, 0.2) is 6.10 Å². The first-order valence-electron chi connectivity index (χ1n) is 18.9. The summed E-state index contributed by atoms with van der Waals surface area (Å²) in [4.78, 5) is 55.1. The van der Waals surface area contributed by atoms with Crippen molar-refractivity contribution in [1.82, 2.24) is 0 Å². The van der Waals surface area contributed by atoms with Gasteiger partial charge in [-0.2, -0.15) is 0 Å². The Morgan fingerprint density at radius 2 is 1.49 bits per heavy atom. The van der Waals surface area contributed by atoms with Crippen molar-refractivity contribution in [1.29, 1.82) is 0 Å². The number of aliphatic hydroxyl groups excluding tert-OH is 2. The van der Waals surface area contributed by atoms with Crippen molar-refractivity contribution in [2.75, 3.05) is 13.7 Å². The van der Waals surface area contributed by atoms with Gasteiger partial charge in [-0.1, -0.05) is 100 Å². The molecule has 0 aromatic rings. The first-order valence-corrected chi connectivity index (χ1v) is 21.1. The summed E-state index contributed by atoms with van der Waals surface area (Å²) in [5.41, 5.74) is 2.00. The van der Waals surface area contributed by atoms with Crippen LogP contribution in [0.2, 0.25) is 16.6 Å². The number of ketones is 3. The van der Waals surface area contributed by atoms with E-state index in [9.17, 15) is 29.4 Å². The molecular weight excluding hydrogens is 665 g/mol. The van der Waals surface area contributed by atoms with E-state index in [2.05, 4.69) is 41.5 Å². The Kier molecular flexibility index (Phi) is 19.1. The van der Waals surface area contributed by atoms with E-state index in [0.29, 0.717) is 5.57 Å². The standard InChI is InChI=1S/C41H70O9Si/c1-16-17-26(8)20-29(11)36(44)33-22-49-41(47)38(46)40(48-15)32(14)37(45)31(13)39(50-51(23(2)3,24(4)5)25(6)7)30(12)21-28(10)34(42)19-18-27(9)35(33)43/h16-17,20-21,23-28,31-33,36,38-40,44,46H,18-19,22H2,1-15H3/b17-16-,29-20+,30-21+/t26-,27+,28-,31-,32+,33-,36+,38+,39-,40-/m0/s1. The number of allylic oxidation sites excluding steroid dienone is 4. The molecule has 0 fully saturated rings. The summed E-state index contributed by atoms with van der Waals surface area (Å²) in [7, 11) is -1.21. The molecule has 0 spiro atoms. The number of methoxy groups -OCH3 is 1. The Labute approximate surface area is 309 Å². The van der Waals surface area contributed by atoms with Crippen LogP contribution in [-0.2, 0) is 33.1 Å². The summed E-state index contributed by atoms with van der Waals surface area (Å²) in [6.07, 6.45) is 2.94. The molecule has 0 aliphatic carbocycles.